The molecule has 1 aliphatic rings. The number of hydrogen-bond donors (Lipinski definition) is 1. The molecule has 5 heteroatoms. The monoisotopic (exact) mass is 349 g/mol. The number of nitrogens with zero attached hydrogens (tertiary/aromatic N) is 2. The van der Waals surface area contributed by atoms with E-state index in [2.05, 4.69) is 11.4 Å². The second-order valence-corrected chi connectivity index (χ2v) is 6.44. The summed E-state index contributed by atoms with van der Waals surface area (Å²) in [4.78, 5) is 14.4. The summed E-state index contributed by atoms with van der Waals surface area (Å²) in [6, 6.07) is 14.9. The molecule has 2 aromatic rings. The van der Waals surface area contributed by atoms with E-state index < -0.39 is 0 Å². The highest BCUT2D eigenvalue weighted by Crippen LogP contribution is 2.19. The Morgan fingerprint density at radius 2 is 1.92 bits per heavy atom. The molecular formula is C21H23N3O2. The third-order valence-corrected chi connectivity index (χ3v) is 4.54. The molecule has 1 aliphatic heterocycles. The van der Waals surface area contributed by atoms with E-state index in [1.165, 1.54) is 0 Å². The molecule has 1 amide bonds. The molecule has 0 aliphatic carbocycles. The first-order chi connectivity index (χ1) is 12.7. The van der Waals surface area contributed by atoms with Gasteiger partial charge in [0.25, 0.3) is 5.91 Å². The normalized spacial score (nSPS) is 13.3. The van der Waals surface area contributed by atoms with Gasteiger partial charge in [0, 0.05) is 30.9 Å². The van der Waals surface area contributed by atoms with Gasteiger partial charge in [-0.15, -0.1) is 0 Å². The number of ether oxygens (including phenoxy) is 1. The lowest BCUT2D eigenvalue weighted by atomic mass is 10.1. The van der Waals surface area contributed by atoms with Crippen molar-refractivity contribution in [2.24, 2.45) is 0 Å². The van der Waals surface area contributed by atoms with Crippen LogP contribution >= 0.6 is 0 Å². The van der Waals surface area contributed by atoms with Crippen molar-refractivity contribution in [2.75, 3.05) is 31.6 Å². The van der Waals surface area contributed by atoms with E-state index >= 15 is 0 Å². The maximum atomic E-state index is 12.4. The fourth-order valence-electron chi connectivity index (χ4n) is 3.08. The molecule has 0 aromatic heterocycles. The lowest BCUT2D eigenvalue weighted by Gasteiger charge is -2.17. The van der Waals surface area contributed by atoms with Crippen molar-refractivity contribution in [1.82, 2.24) is 4.90 Å². The second kappa shape index (κ2) is 8.39. The molecule has 5 nitrogen and oxygen atoms in total. The number of likely N-dealkylation sites (tertiary alicyclic amines) is 1. The standard InChI is InChI=1S/C21H23N3O2/c1-16-14-18(21(25)24-11-2-3-12-24)6-9-20(16)23-10-13-26-19-7-4-17(15-22)5-8-19/h4-9,14,23H,2-3,10-13H2,1H3. The molecule has 1 saturated heterocycles. The predicted molar refractivity (Wildman–Crippen MR) is 101 cm³/mol. The number of benzene rings is 2. The molecule has 1 heterocycles. The number of amides is 1. The van der Waals surface area contributed by atoms with E-state index in [4.69, 9.17) is 10.00 Å². The maximum absolute atomic E-state index is 12.4. The summed E-state index contributed by atoms with van der Waals surface area (Å²) < 4.78 is 5.66. The van der Waals surface area contributed by atoms with Gasteiger partial charge in [-0.3, -0.25) is 4.79 Å². The van der Waals surface area contributed by atoms with Gasteiger partial charge in [-0.05, 0) is 67.8 Å². The maximum Gasteiger partial charge on any atom is 0.253 e. The Kier molecular flexibility index (Phi) is 5.75. The Morgan fingerprint density at radius 1 is 1.19 bits per heavy atom. The molecule has 1 N–H and O–H groups in total. The molecule has 26 heavy (non-hydrogen) atoms. The number of nitrogens with one attached hydrogen (secondary N) is 1. The summed E-state index contributed by atoms with van der Waals surface area (Å²) in [6.07, 6.45) is 2.20. The van der Waals surface area contributed by atoms with Crippen LogP contribution in [0.5, 0.6) is 5.75 Å². The summed E-state index contributed by atoms with van der Waals surface area (Å²) in [6.45, 7) is 4.90. The van der Waals surface area contributed by atoms with Gasteiger partial charge in [0.2, 0.25) is 0 Å². The largest absolute Gasteiger partial charge is 0.492 e. The second-order valence-electron chi connectivity index (χ2n) is 6.44. The molecule has 0 unspecified atom stereocenters. The minimum Gasteiger partial charge on any atom is -0.492 e. The van der Waals surface area contributed by atoms with E-state index in [1.807, 2.05) is 30.0 Å². The number of nitriles is 1. The SMILES string of the molecule is Cc1cc(C(=O)N2CCCC2)ccc1NCCOc1ccc(C#N)cc1. The van der Waals surface area contributed by atoms with Gasteiger partial charge in [-0.25, -0.2) is 0 Å². The zero-order valence-corrected chi connectivity index (χ0v) is 15.0. The van der Waals surface area contributed by atoms with Crippen LogP contribution in [0.15, 0.2) is 42.5 Å². The Balaban J connectivity index is 1.50. The molecule has 0 saturated carbocycles. The fraction of sp³-hybridized carbons (Fsp3) is 0.333. The van der Waals surface area contributed by atoms with Gasteiger partial charge in [0.05, 0.1) is 11.6 Å². The summed E-state index contributed by atoms with van der Waals surface area (Å²) in [5.74, 6) is 0.871. The first-order valence-corrected chi connectivity index (χ1v) is 8.94. The van der Waals surface area contributed by atoms with Crippen LogP contribution in [0.2, 0.25) is 0 Å². The van der Waals surface area contributed by atoms with Gasteiger partial charge in [0.1, 0.15) is 12.4 Å². The van der Waals surface area contributed by atoms with E-state index in [0.29, 0.717) is 18.7 Å². The summed E-state index contributed by atoms with van der Waals surface area (Å²) >= 11 is 0. The van der Waals surface area contributed by atoms with Crippen LogP contribution in [-0.2, 0) is 0 Å². The Labute approximate surface area is 154 Å². The van der Waals surface area contributed by atoms with Gasteiger partial charge in [-0.1, -0.05) is 0 Å². The van der Waals surface area contributed by atoms with Crippen molar-refractivity contribution in [3.8, 4) is 11.8 Å². The smallest absolute Gasteiger partial charge is 0.253 e. The van der Waals surface area contributed by atoms with Crippen molar-refractivity contribution < 1.29 is 9.53 Å². The van der Waals surface area contributed by atoms with E-state index in [9.17, 15) is 4.79 Å². The Bertz CT molecular complexity index is 803. The van der Waals surface area contributed by atoms with Gasteiger partial charge in [-0.2, -0.15) is 5.26 Å². The highest BCUT2D eigenvalue weighted by Gasteiger charge is 2.19. The average Bonchev–Trinajstić information content (AvgIpc) is 3.21. The van der Waals surface area contributed by atoms with Gasteiger partial charge < -0.3 is 15.0 Å². The van der Waals surface area contributed by atoms with Gasteiger partial charge in [0.15, 0.2) is 0 Å². The third kappa shape index (κ3) is 4.34. The third-order valence-electron chi connectivity index (χ3n) is 4.54. The molecule has 0 radical (unpaired) electrons. The van der Waals surface area contributed by atoms with Crippen LogP contribution in [0.4, 0.5) is 5.69 Å². The molecule has 134 valence electrons. The Hall–Kier alpha value is -3.00. The van der Waals surface area contributed by atoms with Crippen LogP contribution < -0.4 is 10.1 Å². The first kappa shape index (κ1) is 17.8. The van der Waals surface area contributed by atoms with Crippen molar-refractivity contribution in [3.63, 3.8) is 0 Å². The fourth-order valence-corrected chi connectivity index (χ4v) is 3.08. The molecule has 1 fully saturated rings. The lowest BCUT2D eigenvalue weighted by molar-refractivity contribution is 0.0793. The van der Waals surface area contributed by atoms with Crippen molar-refractivity contribution in [3.05, 3.63) is 59.2 Å². The van der Waals surface area contributed by atoms with Crippen LogP contribution in [0.1, 0.15) is 34.3 Å². The average molecular weight is 349 g/mol. The van der Waals surface area contributed by atoms with Crippen molar-refractivity contribution in [2.45, 2.75) is 19.8 Å². The van der Waals surface area contributed by atoms with Crippen LogP contribution in [-0.4, -0.2) is 37.0 Å². The highest BCUT2D eigenvalue weighted by molar-refractivity contribution is 5.95. The van der Waals surface area contributed by atoms with E-state index in [-0.39, 0.29) is 5.91 Å². The van der Waals surface area contributed by atoms with E-state index in [1.54, 1.807) is 24.3 Å². The summed E-state index contributed by atoms with van der Waals surface area (Å²) in [7, 11) is 0. The number of hydrogen-bond acceptors (Lipinski definition) is 4. The lowest BCUT2D eigenvalue weighted by Crippen LogP contribution is -2.27. The highest BCUT2D eigenvalue weighted by atomic mass is 16.5. The Morgan fingerprint density at radius 3 is 2.58 bits per heavy atom. The molecule has 0 spiro atoms. The van der Waals surface area contributed by atoms with E-state index in [0.717, 1.165) is 48.5 Å². The number of aryl methyl sites for hydroxylation is 1. The zero-order valence-electron chi connectivity index (χ0n) is 15.0. The molecule has 0 atom stereocenters. The van der Waals surface area contributed by atoms with Gasteiger partial charge >= 0.3 is 0 Å². The van der Waals surface area contributed by atoms with Crippen LogP contribution in [0.3, 0.4) is 0 Å². The minimum atomic E-state index is 0.126. The number of carbonyl (C=O) groups excluding carboxylic acids is 1. The van der Waals surface area contributed by atoms with Crippen molar-refractivity contribution >= 4 is 11.6 Å². The number of carbonyl (C=O) groups is 1. The topological polar surface area (TPSA) is 65.4 Å². The minimum absolute atomic E-state index is 0.126. The zero-order chi connectivity index (χ0) is 18.4. The quantitative estimate of drug-likeness (QED) is 0.810. The molecule has 3 rings (SSSR count). The number of anilines is 1. The van der Waals surface area contributed by atoms with Crippen LogP contribution in [0, 0.1) is 18.3 Å². The predicted octanol–water partition coefficient (Wildman–Crippen LogP) is 3.59. The molecular weight excluding hydrogens is 326 g/mol. The summed E-state index contributed by atoms with van der Waals surface area (Å²) in [5.41, 5.74) is 3.43. The number of rotatable bonds is 6. The van der Waals surface area contributed by atoms with Crippen molar-refractivity contribution in [1.29, 1.82) is 5.26 Å². The van der Waals surface area contributed by atoms with Crippen LogP contribution in [0.25, 0.3) is 0 Å². The molecule has 0 bridgehead atoms. The summed E-state index contributed by atoms with van der Waals surface area (Å²) in [5, 5.41) is 12.1. The molecule has 2 aromatic carbocycles. The first-order valence-electron chi connectivity index (χ1n) is 8.94.